The number of fused-ring (bicyclic) bond motifs is 1. The molecular weight excluding hydrogens is 389 g/mol. The lowest BCUT2D eigenvalue weighted by Crippen LogP contribution is -2.24. The molecule has 1 N–H and O–H groups in total. The molecule has 0 fully saturated rings. The van der Waals surface area contributed by atoms with E-state index in [0.29, 0.717) is 16.2 Å². The van der Waals surface area contributed by atoms with Gasteiger partial charge in [0, 0.05) is 17.1 Å². The molecule has 5 nitrogen and oxygen atoms in total. The maximum Gasteiger partial charge on any atom is 0.175 e. The van der Waals surface area contributed by atoms with E-state index in [2.05, 4.69) is 26.2 Å². The molecule has 8 heteroatoms. The number of halogens is 3. The van der Waals surface area contributed by atoms with Crippen molar-refractivity contribution in [1.82, 2.24) is 9.55 Å². The average Bonchev–Trinajstić information content (AvgIpc) is 2.85. The molecule has 118 valence electrons. The number of carbonyl (C=O) groups excluding carboxylic acids is 1. The minimum absolute atomic E-state index is 0.0632. The fourth-order valence-corrected chi connectivity index (χ4v) is 2.95. The topological polar surface area (TPSA) is 70.0 Å². The molecule has 0 aliphatic carbocycles. The number of aryl methyl sites for hydroxylation is 1. The molecule has 0 atom stereocenters. The quantitative estimate of drug-likeness (QED) is 0.737. The van der Waals surface area contributed by atoms with Crippen LogP contribution in [-0.4, -0.2) is 15.5 Å². The van der Waals surface area contributed by atoms with Gasteiger partial charge in [-0.1, -0.05) is 27.5 Å². The predicted molar refractivity (Wildman–Crippen MR) is 87.4 cm³/mol. The van der Waals surface area contributed by atoms with Crippen molar-refractivity contribution in [3.8, 4) is 0 Å². The van der Waals surface area contributed by atoms with Gasteiger partial charge in [0.15, 0.2) is 5.82 Å². The van der Waals surface area contributed by atoms with E-state index in [9.17, 15) is 14.3 Å². The SMILES string of the molecule is Cn1cnc2c(F)c(Nc3ccc(Br)cc3Cl)c(C(=O)[O-])cc21. The predicted octanol–water partition coefficient (Wildman–Crippen LogP) is 3.24. The van der Waals surface area contributed by atoms with Crippen molar-refractivity contribution in [3.63, 3.8) is 0 Å². The molecule has 23 heavy (non-hydrogen) atoms. The van der Waals surface area contributed by atoms with Crippen molar-refractivity contribution in [2.75, 3.05) is 5.32 Å². The number of aromatic carboxylic acids is 1. The number of hydrogen-bond donors (Lipinski definition) is 1. The Morgan fingerprint density at radius 2 is 2.17 bits per heavy atom. The molecule has 3 aromatic rings. The summed E-state index contributed by atoms with van der Waals surface area (Å²) in [5, 5.41) is 14.4. The number of nitrogens with one attached hydrogen (secondary N) is 1. The highest BCUT2D eigenvalue weighted by Crippen LogP contribution is 2.33. The molecule has 0 unspecified atom stereocenters. The second kappa shape index (κ2) is 5.82. The van der Waals surface area contributed by atoms with Gasteiger partial charge in [-0.05, 0) is 24.3 Å². The molecule has 0 spiro atoms. The van der Waals surface area contributed by atoms with Crippen LogP contribution in [0.5, 0.6) is 0 Å². The van der Waals surface area contributed by atoms with E-state index in [1.807, 2.05) is 0 Å². The summed E-state index contributed by atoms with van der Waals surface area (Å²) in [5.41, 5.74) is 0.243. The molecule has 2 aromatic carbocycles. The van der Waals surface area contributed by atoms with Crippen LogP contribution in [0.3, 0.4) is 0 Å². The number of anilines is 2. The van der Waals surface area contributed by atoms with Crippen LogP contribution in [0, 0.1) is 5.82 Å². The number of carboxylic acid groups (broad SMARTS) is 1. The number of carboxylic acids is 1. The molecule has 0 radical (unpaired) electrons. The van der Waals surface area contributed by atoms with E-state index in [4.69, 9.17) is 11.6 Å². The summed E-state index contributed by atoms with van der Waals surface area (Å²) in [7, 11) is 1.65. The fraction of sp³-hybridized carbons (Fsp3) is 0.0667. The lowest BCUT2D eigenvalue weighted by atomic mass is 10.1. The summed E-state index contributed by atoms with van der Waals surface area (Å²) in [6, 6.07) is 6.23. The Labute approximate surface area is 143 Å². The summed E-state index contributed by atoms with van der Waals surface area (Å²) >= 11 is 9.35. The Hall–Kier alpha value is -2.12. The van der Waals surface area contributed by atoms with Crippen molar-refractivity contribution >= 4 is 55.9 Å². The smallest absolute Gasteiger partial charge is 0.175 e. The highest BCUT2D eigenvalue weighted by atomic mass is 79.9. The van der Waals surface area contributed by atoms with E-state index in [0.717, 1.165) is 4.47 Å². The van der Waals surface area contributed by atoms with Crippen LogP contribution in [0.1, 0.15) is 10.4 Å². The number of aromatic nitrogens is 2. The van der Waals surface area contributed by atoms with Gasteiger partial charge in [-0.15, -0.1) is 0 Å². The molecule has 1 heterocycles. The standard InChI is InChI=1S/C15H10BrClFN3O2/c1-21-6-19-14-11(21)5-8(15(22)23)13(12(14)18)20-10-3-2-7(16)4-9(10)17/h2-6,20H,1H3,(H,22,23)/p-1. The highest BCUT2D eigenvalue weighted by Gasteiger charge is 2.18. The Morgan fingerprint density at radius 3 is 2.83 bits per heavy atom. The third kappa shape index (κ3) is 2.77. The van der Waals surface area contributed by atoms with E-state index >= 15 is 0 Å². The largest absolute Gasteiger partial charge is 0.545 e. The van der Waals surface area contributed by atoms with Gasteiger partial charge in [-0.25, -0.2) is 9.37 Å². The maximum atomic E-state index is 14.7. The number of nitrogens with zero attached hydrogens (tertiary/aromatic N) is 2. The molecule has 0 bridgehead atoms. The van der Waals surface area contributed by atoms with Crippen molar-refractivity contribution in [3.05, 3.63) is 51.5 Å². The van der Waals surface area contributed by atoms with E-state index < -0.39 is 11.8 Å². The third-order valence-electron chi connectivity index (χ3n) is 3.37. The number of rotatable bonds is 3. The number of benzene rings is 2. The van der Waals surface area contributed by atoms with Gasteiger partial charge in [0.2, 0.25) is 0 Å². The average molecular weight is 398 g/mol. The zero-order valence-corrected chi connectivity index (χ0v) is 14.1. The van der Waals surface area contributed by atoms with Gasteiger partial charge < -0.3 is 19.8 Å². The van der Waals surface area contributed by atoms with Gasteiger partial charge in [0.1, 0.15) is 5.52 Å². The molecule has 0 amide bonds. The maximum absolute atomic E-state index is 14.7. The highest BCUT2D eigenvalue weighted by molar-refractivity contribution is 9.10. The van der Waals surface area contributed by atoms with Crippen molar-refractivity contribution in [2.45, 2.75) is 0 Å². The van der Waals surface area contributed by atoms with Crippen LogP contribution in [0.25, 0.3) is 11.0 Å². The molecule has 3 rings (SSSR count). The van der Waals surface area contributed by atoms with Gasteiger partial charge in [-0.2, -0.15) is 0 Å². The first-order valence-electron chi connectivity index (χ1n) is 6.45. The van der Waals surface area contributed by atoms with E-state index in [1.165, 1.54) is 17.0 Å². The van der Waals surface area contributed by atoms with Crippen molar-refractivity contribution in [2.24, 2.45) is 7.05 Å². The second-order valence-corrected chi connectivity index (χ2v) is 6.20. The lowest BCUT2D eigenvalue weighted by Gasteiger charge is -2.15. The minimum Gasteiger partial charge on any atom is -0.545 e. The van der Waals surface area contributed by atoms with Gasteiger partial charge >= 0.3 is 0 Å². The first-order chi connectivity index (χ1) is 10.9. The molecule has 0 aliphatic heterocycles. The number of hydrogen-bond acceptors (Lipinski definition) is 4. The van der Waals surface area contributed by atoms with Gasteiger partial charge in [0.05, 0.1) is 34.2 Å². The molecule has 0 saturated heterocycles. The van der Waals surface area contributed by atoms with Crippen molar-refractivity contribution in [1.29, 1.82) is 0 Å². The zero-order valence-electron chi connectivity index (χ0n) is 11.7. The Balaban J connectivity index is 2.21. The monoisotopic (exact) mass is 396 g/mol. The van der Waals surface area contributed by atoms with Crippen LogP contribution >= 0.6 is 27.5 Å². The second-order valence-electron chi connectivity index (χ2n) is 4.87. The van der Waals surface area contributed by atoms with E-state index in [-0.39, 0.29) is 16.8 Å². The summed E-state index contributed by atoms with van der Waals surface area (Å²) in [6.07, 6.45) is 1.41. The van der Waals surface area contributed by atoms with Gasteiger partial charge in [-0.3, -0.25) is 0 Å². The van der Waals surface area contributed by atoms with Crippen LogP contribution in [0.2, 0.25) is 5.02 Å². The molecular formula is C15H9BrClFN3O2-. The summed E-state index contributed by atoms with van der Waals surface area (Å²) in [4.78, 5) is 15.3. The molecule has 1 aromatic heterocycles. The third-order valence-corrected chi connectivity index (χ3v) is 4.18. The van der Waals surface area contributed by atoms with Crippen molar-refractivity contribution < 1.29 is 14.3 Å². The first-order valence-corrected chi connectivity index (χ1v) is 7.62. The Kier molecular flexibility index (Phi) is 3.99. The fourth-order valence-electron chi connectivity index (χ4n) is 2.23. The van der Waals surface area contributed by atoms with Gasteiger partial charge in [0.25, 0.3) is 0 Å². The summed E-state index contributed by atoms with van der Waals surface area (Å²) < 4.78 is 17.0. The van der Waals surface area contributed by atoms with Crippen LogP contribution in [0.4, 0.5) is 15.8 Å². The minimum atomic E-state index is -1.50. The summed E-state index contributed by atoms with van der Waals surface area (Å²) in [5.74, 6) is -2.27. The zero-order chi connectivity index (χ0) is 16.7. The lowest BCUT2D eigenvalue weighted by molar-refractivity contribution is -0.254. The summed E-state index contributed by atoms with van der Waals surface area (Å²) in [6.45, 7) is 0. The van der Waals surface area contributed by atoms with E-state index in [1.54, 1.807) is 25.2 Å². The number of carbonyl (C=O) groups is 1. The normalized spacial score (nSPS) is 11.0. The van der Waals surface area contributed by atoms with Crippen LogP contribution < -0.4 is 10.4 Å². The molecule has 0 saturated carbocycles. The molecule has 0 aliphatic rings. The van der Waals surface area contributed by atoms with Crippen LogP contribution in [-0.2, 0) is 7.05 Å². The van der Waals surface area contributed by atoms with Crippen LogP contribution in [0.15, 0.2) is 35.1 Å². The Bertz CT molecular complexity index is 942. The number of imidazole rings is 1. The Morgan fingerprint density at radius 1 is 1.43 bits per heavy atom. The first kappa shape index (κ1) is 15.8.